The van der Waals surface area contributed by atoms with Gasteiger partial charge in [-0.3, -0.25) is 4.79 Å². The van der Waals surface area contributed by atoms with Crippen LogP contribution in [-0.2, 0) is 14.1 Å². The Labute approximate surface area is 125 Å². The van der Waals surface area contributed by atoms with E-state index in [0.717, 1.165) is 5.56 Å². The summed E-state index contributed by atoms with van der Waals surface area (Å²) >= 11 is 0. The number of phenolic OH excluding ortho intramolecular Hbond substituents is 1. The highest BCUT2D eigenvalue weighted by Gasteiger charge is 2.54. The first-order valence-electron chi connectivity index (χ1n) is 6.99. The lowest BCUT2D eigenvalue weighted by Gasteiger charge is -2.32. The summed E-state index contributed by atoms with van der Waals surface area (Å²) in [5.74, 6) is -1.20. The van der Waals surface area contributed by atoms with Gasteiger partial charge in [-0.1, -0.05) is 12.1 Å². The Morgan fingerprint density at radius 1 is 1.14 bits per heavy atom. The van der Waals surface area contributed by atoms with E-state index in [1.807, 2.05) is 27.7 Å². The molecule has 1 aliphatic rings. The van der Waals surface area contributed by atoms with Crippen molar-refractivity contribution in [2.75, 3.05) is 0 Å². The van der Waals surface area contributed by atoms with E-state index in [0.29, 0.717) is 0 Å². The summed E-state index contributed by atoms with van der Waals surface area (Å²) in [7, 11) is -0.629. The predicted molar refractivity (Wildman–Crippen MR) is 79.2 cm³/mol. The van der Waals surface area contributed by atoms with Crippen molar-refractivity contribution in [2.24, 2.45) is 0 Å². The molecule has 2 rings (SSSR count). The van der Waals surface area contributed by atoms with Crippen molar-refractivity contribution in [3.8, 4) is 5.75 Å². The van der Waals surface area contributed by atoms with Gasteiger partial charge in [-0.2, -0.15) is 0 Å². The largest absolute Gasteiger partial charge is 0.508 e. The molecule has 6 heteroatoms. The molecule has 0 radical (unpaired) electrons. The van der Waals surface area contributed by atoms with Gasteiger partial charge in [0.15, 0.2) is 0 Å². The topological polar surface area (TPSA) is 76.0 Å². The van der Waals surface area contributed by atoms with Gasteiger partial charge in [0.05, 0.1) is 17.6 Å². The third kappa shape index (κ3) is 3.22. The quantitative estimate of drug-likeness (QED) is 0.834. The normalized spacial score (nSPS) is 21.2. The molecular formula is C15H21BO5. The highest BCUT2D eigenvalue weighted by atomic mass is 16.7. The van der Waals surface area contributed by atoms with Gasteiger partial charge in [-0.05, 0) is 45.4 Å². The Balaban J connectivity index is 2.30. The van der Waals surface area contributed by atoms with E-state index in [1.165, 1.54) is 12.1 Å². The van der Waals surface area contributed by atoms with Crippen LogP contribution in [0.5, 0.6) is 5.75 Å². The Morgan fingerprint density at radius 2 is 1.62 bits per heavy atom. The lowest BCUT2D eigenvalue weighted by Crippen LogP contribution is -2.41. The number of carboxylic acids is 1. The van der Waals surface area contributed by atoms with E-state index in [2.05, 4.69) is 0 Å². The zero-order valence-corrected chi connectivity index (χ0v) is 12.8. The summed E-state index contributed by atoms with van der Waals surface area (Å²) in [5, 5.41) is 18.5. The fourth-order valence-electron chi connectivity index (χ4n) is 2.33. The SMILES string of the molecule is CC1(C)OB(C(CC(=O)O)c2ccc(O)cc2)OC1(C)C. The van der Waals surface area contributed by atoms with E-state index in [9.17, 15) is 9.90 Å². The maximum atomic E-state index is 11.2. The third-order valence-corrected chi connectivity index (χ3v) is 4.32. The molecule has 0 amide bonds. The van der Waals surface area contributed by atoms with Crippen molar-refractivity contribution in [1.29, 1.82) is 0 Å². The lowest BCUT2D eigenvalue weighted by molar-refractivity contribution is -0.137. The van der Waals surface area contributed by atoms with Crippen LogP contribution < -0.4 is 0 Å². The van der Waals surface area contributed by atoms with Crippen molar-refractivity contribution >= 4 is 13.1 Å². The Kier molecular flexibility index (Phi) is 4.04. The van der Waals surface area contributed by atoms with Crippen LogP contribution in [0.3, 0.4) is 0 Å². The van der Waals surface area contributed by atoms with Gasteiger partial charge in [-0.25, -0.2) is 0 Å². The van der Waals surface area contributed by atoms with Crippen LogP contribution in [-0.4, -0.2) is 34.5 Å². The second kappa shape index (κ2) is 5.35. The highest BCUT2D eigenvalue weighted by molar-refractivity contribution is 6.48. The van der Waals surface area contributed by atoms with Gasteiger partial charge < -0.3 is 19.5 Å². The van der Waals surface area contributed by atoms with Gasteiger partial charge in [-0.15, -0.1) is 0 Å². The first-order valence-corrected chi connectivity index (χ1v) is 6.99. The molecule has 1 unspecified atom stereocenters. The van der Waals surface area contributed by atoms with Gasteiger partial charge in [0.1, 0.15) is 5.75 Å². The number of aliphatic carboxylic acids is 1. The summed E-state index contributed by atoms with van der Waals surface area (Å²) in [6.45, 7) is 7.73. The second-order valence-electron chi connectivity index (χ2n) is 6.42. The van der Waals surface area contributed by atoms with E-state index in [4.69, 9.17) is 14.4 Å². The van der Waals surface area contributed by atoms with E-state index >= 15 is 0 Å². The minimum Gasteiger partial charge on any atom is -0.508 e. The number of carbonyl (C=O) groups is 1. The third-order valence-electron chi connectivity index (χ3n) is 4.32. The molecule has 21 heavy (non-hydrogen) atoms. The summed E-state index contributed by atoms with van der Waals surface area (Å²) in [4.78, 5) is 11.2. The average Bonchev–Trinajstić information content (AvgIpc) is 2.56. The van der Waals surface area contributed by atoms with Crippen molar-refractivity contribution in [3.05, 3.63) is 29.8 Å². The number of rotatable bonds is 4. The number of hydrogen-bond donors (Lipinski definition) is 2. The molecule has 0 aromatic heterocycles. The Hall–Kier alpha value is -1.53. The number of aromatic hydroxyl groups is 1. The van der Waals surface area contributed by atoms with Gasteiger partial charge in [0, 0.05) is 5.82 Å². The predicted octanol–water partition coefficient (Wildman–Crippen LogP) is 2.58. The minimum atomic E-state index is -0.914. The molecule has 1 aromatic carbocycles. The molecule has 1 heterocycles. The fraction of sp³-hybridized carbons (Fsp3) is 0.533. The van der Waals surface area contributed by atoms with Crippen LogP contribution in [0, 0.1) is 0 Å². The number of carboxylic acid groups (broad SMARTS) is 1. The first-order chi connectivity index (χ1) is 9.62. The van der Waals surface area contributed by atoms with Gasteiger partial charge in [0.2, 0.25) is 0 Å². The van der Waals surface area contributed by atoms with Crippen LogP contribution in [0.15, 0.2) is 24.3 Å². The smallest absolute Gasteiger partial charge is 0.466 e. The van der Waals surface area contributed by atoms with E-state index in [-0.39, 0.29) is 12.2 Å². The first kappa shape index (κ1) is 15.9. The summed E-state index contributed by atoms with van der Waals surface area (Å²) in [6, 6.07) is 6.48. The van der Waals surface area contributed by atoms with E-state index < -0.39 is 30.1 Å². The molecule has 1 fully saturated rings. The molecule has 0 aliphatic carbocycles. The van der Waals surface area contributed by atoms with Crippen LogP contribution in [0.25, 0.3) is 0 Å². The molecule has 1 saturated heterocycles. The summed E-state index contributed by atoms with van der Waals surface area (Å²) in [5.41, 5.74) is -0.245. The molecule has 0 bridgehead atoms. The number of hydrogen-bond acceptors (Lipinski definition) is 4. The Morgan fingerprint density at radius 3 is 2.05 bits per heavy atom. The van der Waals surface area contributed by atoms with Crippen molar-refractivity contribution in [1.82, 2.24) is 0 Å². The number of phenols is 1. The van der Waals surface area contributed by atoms with Crippen molar-refractivity contribution in [2.45, 2.75) is 51.1 Å². The monoisotopic (exact) mass is 292 g/mol. The van der Waals surface area contributed by atoms with Crippen LogP contribution in [0.2, 0.25) is 0 Å². The van der Waals surface area contributed by atoms with Crippen LogP contribution in [0.1, 0.15) is 45.5 Å². The zero-order valence-electron chi connectivity index (χ0n) is 12.8. The summed E-state index contributed by atoms with van der Waals surface area (Å²) in [6.07, 6.45) is -0.0956. The molecule has 0 spiro atoms. The lowest BCUT2D eigenvalue weighted by atomic mass is 9.66. The molecule has 1 atom stereocenters. The fourth-order valence-corrected chi connectivity index (χ4v) is 2.33. The molecular weight excluding hydrogens is 271 g/mol. The van der Waals surface area contributed by atoms with Gasteiger partial charge in [0.25, 0.3) is 0 Å². The average molecular weight is 292 g/mol. The zero-order chi connectivity index (χ0) is 15.8. The van der Waals surface area contributed by atoms with Crippen molar-refractivity contribution in [3.63, 3.8) is 0 Å². The minimum absolute atomic E-state index is 0.0956. The molecule has 114 valence electrons. The molecule has 2 N–H and O–H groups in total. The van der Waals surface area contributed by atoms with Crippen LogP contribution >= 0.6 is 0 Å². The maximum absolute atomic E-state index is 11.2. The van der Waals surface area contributed by atoms with Crippen LogP contribution in [0.4, 0.5) is 0 Å². The van der Waals surface area contributed by atoms with E-state index in [1.54, 1.807) is 12.1 Å². The second-order valence-corrected chi connectivity index (χ2v) is 6.42. The standard InChI is InChI=1S/C15H21BO5/c1-14(2)15(3,4)21-16(20-14)12(9-13(18)19)10-5-7-11(17)8-6-10/h5-8,12,17H,9H2,1-4H3,(H,18,19). The number of benzene rings is 1. The molecule has 5 nitrogen and oxygen atoms in total. The van der Waals surface area contributed by atoms with Crippen molar-refractivity contribution < 1.29 is 24.3 Å². The van der Waals surface area contributed by atoms with Gasteiger partial charge >= 0.3 is 13.1 Å². The summed E-state index contributed by atoms with van der Waals surface area (Å²) < 4.78 is 11.9. The molecule has 1 aromatic rings. The molecule has 1 aliphatic heterocycles. The maximum Gasteiger partial charge on any atom is 0.466 e. The molecule has 0 saturated carbocycles. The highest BCUT2D eigenvalue weighted by Crippen LogP contribution is 2.41. The Bertz CT molecular complexity index is 507.